The van der Waals surface area contributed by atoms with E-state index in [9.17, 15) is 0 Å². The fourth-order valence-electron chi connectivity index (χ4n) is 2.17. The van der Waals surface area contributed by atoms with E-state index in [0.717, 1.165) is 35.4 Å². The van der Waals surface area contributed by atoms with Crippen molar-refractivity contribution < 1.29 is 4.74 Å². The van der Waals surface area contributed by atoms with E-state index < -0.39 is 0 Å². The molecule has 1 aliphatic rings. The van der Waals surface area contributed by atoms with Crippen molar-refractivity contribution in [3.8, 4) is 5.75 Å². The molecule has 0 radical (unpaired) electrons. The molecule has 0 aliphatic heterocycles. The predicted molar refractivity (Wildman–Crippen MR) is 65.1 cm³/mol. The fourth-order valence-corrected chi connectivity index (χ4v) is 2.58. The molecule has 2 nitrogen and oxygen atoms in total. The Kier molecular flexibility index (Phi) is 3.32. The Morgan fingerprint density at radius 3 is 2.80 bits per heavy atom. The molecule has 0 unspecified atom stereocenters. The molecule has 1 saturated carbocycles. The molecule has 1 aliphatic carbocycles. The van der Waals surface area contributed by atoms with E-state index in [0.29, 0.717) is 6.04 Å². The Bertz CT molecular complexity index is 347. The van der Waals surface area contributed by atoms with Crippen LogP contribution in [0.1, 0.15) is 18.4 Å². The van der Waals surface area contributed by atoms with Crippen LogP contribution in [0.3, 0.4) is 0 Å². The van der Waals surface area contributed by atoms with Gasteiger partial charge in [0.05, 0.1) is 7.11 Å². The first-order valence-corrected chi connectivity index (χ1v) is 6.06. The minimum Gasteiger partial charge on any atom is -0.496 e. The van der Waals surface area contributed by atoms with Crippen LogP contribution >= 0.6 is 15.9 Å². The van der Waals surface area contributed by atoms with Gasteiger partial charge in [-0.3, -0.25) is 0 Å². The minimum atomic E-state index is 0.424. The Labute approximate surface area is 98.9 Å². The lowest BCUT2D eigenvalue weighted by Crippen LogP contribution is -2.37. The van der Waals surface area contributed by atoms with Crippen molar-refractivity contribution in [1.82, 2.24) is 0 Å². The second-order valence-corrected chi connectivity index (χ2v) is 5.17. The highest BCUT2D eigenvalue weighted by Gasteiger charge is 2.26. The zero-order chi connectivity index (χ0) is 10.8. The Morgan fingerprint density at radius 2 is 2.20 bits per heavy atom. The van der Waals surface area contributed by atoms with E-state index in [4.69, 9.17) is 10.5 Å². The van der Waals surface area contributed by atoms with Gasteiger partial charge >= 0.3 is 0 Å². The zero-order valence-corrected chi connectivity index (χ0v) is 10.5. The van der Waals surface area contributed by atoms with Crippen molar-refractivity contribution in [2.45, 2.75) is 25.3 Å². The van der Waals surface area contributed by atoms with Gasteiger partial charge in [0.25, 0.3) is 0 Å². The van der Waals surface area contributed by atoms with Crippen LogP contribution in [0.2, 0.25) is 0 Å². The third kappa shape index (κ3) is 2.52. The fraction of sp³-hybridized carbons (Fsp3) is 0.500. The van der Waals surface area contributed by atoms with E-state index in [-0.39, 0.29) is 0 Å². The molecule has 1 fully saturated rings. The molecular weight excluding hydrogens is 254 g/mol. The topological polar surface area (TPSA) is 35.2 Å². The molecule has 0 saturated heterocycles. The molecule has 0 atom stereocenters. The number of hydrogen-bond donors (Lipinski definition) is 1. The molecule has 0 amide bonds. The highest BCUT2D eigenvalue weighted by molar-refractivity contribution is 9.10. The molecule has 0 aromatic heterocycles. The van der Waals surface area contributed by atoms with Gasteiger partial charge in [-0.1, -0.05) is 15.9 Å². The summed E-state index contributed by atoms with van der Waals surface area (Å²) >= 11 is 3.49. The maximum atomic E-state index is 5.78. The Balaban J connectivity index is 2.08. The van der Waals surface area contributed by atoms with Crippen molar-refractivity contribution in [1.29, 1.82) is 0 Å². The molecule has 2 rings (SSSR count). The molecule has 15 heavy (non-hydrogen) atoms. The van der Waals surface area contributed by atoms with Gasteiger partial charge in [0.1, 0.15) is 5.75 Å². The average molecular weight is 270 g/mol. The van der Waals surface area contributed by atoms with Crippen LogP contribution in [-0.4, -0.2) is 13.2 Å². The minimum absolute atomic E-state index is 0.424. The van der Waals surface area contributed by atoms with Crippen molar-refractivity contribution in [3.05, 3.63) is 28.2 Å². The molecule has 82 valence electrons. The molecular formula is C12H16BrNO. The van der Waals surface area contributed by atoms with Crippen LogP contribution in [0, 0.1) is 5.92 Å². The van der Waals surface area contributed by atoms with E-state index in [1.54, 1.807) is 7.11 Å². The first-order chi connectivity index (χ1) is 7.19. The quantitative estimate of drug-likeness (QED) is 0.916. The second kappa shape index (κ2) is 4.54. The Hall–Kier alpha value is -0.540. The standard InChI is InChI=1S/C12H16BrNO/c1-15-12-3-2-10(13)7-9(12)4-8-5-11(14)6-8/h2-3,7-8,11H,4-6,14H2,1H3. The molecule has 3 heteroatoms. The summed E-state index contributed by atoms with van der Waals surface area (Å²) in [6, 6.07) is 6.59. The summed E-state index contributed by atoms with van der Waals surface area (Å²) in [6.45, 7) is 0. The van der Waals surface area contributed by atoms with Crippen LogP contribution in [0.25, 0.3) is 0 Å². The smallest absolute Gasteiger partial charge is 0.122 e. The van der Waals surface area contributed by atoms with Gasteiger partial charge in [-0.25, -0.2) is 0 Å². The molecule has 0 heterocycles. The highest BCUT2D eigenvalue weighted by atomic mass is 79.9. The van der Waals surface area contributed by atoms with Crippen LogP contribution < -0.4 is 10.5 Å². The molecule has 0 spiro atoms. The van der Waals surface area contributed by atoms with Crippen molar-refractivity contribution in [2.24, 2.45) is 11.7 Å². The summed E-state index contributed by atoms with van der Waals surface area (Å²) in [6.07, 6.45) is 3.38. The summed E-state index contributed by atoms with van der Waals surface area (Å²) in [5, 5.41) is 0. The average Bonchev–Trinajstić information content (AvgIpc) is 2.16. The largest absolute Gasteiger partial charge is 0.496 e. The van der Waals surface area contributed by atoms with Crippen molar-refractivity contribution in [2.75, 3.05) is 7.11 Å². The van der Waals surface area contributed by atoms with Crippen molar-refractivity contribution >= 4 is 15.9 Å². The summed E-state index contributed by atoms with van der Waals surface area (Å²) in [5.74, 6) is 1.72. The molecule has 0 bridgehead atoms. The van der Waals surface area contributed by atoms with E-state index >= 15 is 0 Å². The van der Waals surface area contributed by atoms with Crippen LogP contribution in [-0.2, 0) is 6.42 Å². The van der Waals surface area contributed by atoms with E-state index in [2.05, 4.69) is 22.0 Å². The summed E-state index contributed by atoms with van der Waals surface area (Å²) in [7, 11) is 1.72. The van der Waals surface area contributed by atoms with Crippen LogP contribution in [0.4, 0.5) is 0 Å². The lowest BCUT2D eigenvalue weighted by atomic mass is 9.77. The number of methoxy groups -OCH3 is 1. The molecule has 1 aromatic rings. The highest BCUT2D eigenvalue weighted by Crippen LogP contribution is 2.33. The van der Waals surface area contributed by atoms with E-state index in [1.807, 2.05) is 12.1 Å². The maximum Gasteiger partial charge on any atom is 0.122 e. The van der Waals surface area contributed by atoms with Crippen molar-refractivity contribution in [3.63, 3.8) is 0 Å². The van der Waals surface area contributed by atoms with E-state index in [1.165, 1.54) is 5.56 Å². The second-order valence-electron chi connectivity index (χ2n) is 4.26. The SMILES string of the molecule is COc1ccc(Br)cc1CC1CC(N)C1. The molecule has 2 N–H and O–H groups in total. The van der Waals surface area contributed by atoms with Crippen LogP contribution in [0.5, 0.6) is 5.75 Å². The number of benzene rings is 1. The first-order valence-electron chi connectivity index (χ1n) is 5.27. The van der Waals surface area contributed by atoms with Crippen LogP contribution in [0.15, 0.2) is 22.7 Å². The van der Waals surface area contributed by atoms with Gasteiger partial charge < -0.3 is 10.5 Å². The number of hydrogen-bond acceptors (Lipinski definition) is 2. The number of nitrogens with two attached hydrogens (primary N) is 1. The third-order valence-electron chi connectivity index (χ3n) is 3.02. The zero-order valence-electron chi connectivity index (χ0n) is 8.87. The van der Waals surface area contributed by atoms with Gasteiger partial charge in [0, 0.05) is 10.5 Å². The summed E-state index contributed by atoms with van der Waals surface area (Å²) < 4.78 is 6.46. The predicted octanol–water partition coefficient (Wildman–Crippen LogP) is 2.74. The van der Waals surface area contributed by atoms with Gasteiger partial charge in [0.2, 0.25) is 0 Å². The monoisotopic (exact) mass is 269 g/mol. The number of ether oxygens (including phenoxy) is 1. The summed E-state index contributed by atoms with van der Waals surface area (Å²) in [4.78, 5) is 0. The maximum absolute atomic E-state index is 5.78. The summed E-state index contributed by atoms with van der Waals surface area (Å²) in [5.41, 5.74) is 7.06. The Morgan fingerprint density at radius 1 is 1.47 bits per heavy atom. The molecule has 1 aromatic carbocycles. The van der Waals surface area contributed by atoms with Gasteiger partial charge in [-0.2, -0.15) is 0 Å². The number of rotatable bonds is 3. The van der Waals surface area contributed by atoms with Gasteiger partial charge in [-0.05, 0) is 48.9 Å². The van der Waals surface area contributed by atoms with Gasteiger partial charge in [0.15, 0.2) is 0 Å². The third-order valence-corrected chi connectivity index (χ3v) is 3.52. The number of halogens is 1. The first kappa shape index (κ1) is 11.0. The van der Waals surface area contributed by atoms with Gasteiger partial charge in [-0.15, -0.1) is 0 Å². The lowest BCUT2D eigenvalue weighted by molar-refractivity contribution is 0.261. The lowest BCUT2D eigenvalue weighted by Gasteiger charge is -2.32. The normalized spacial score (nSPS) is 24.7.